The minimum atomic E-state index is 0.0519. The summed E-state index contributed by atoms with van der Waals surface area (Å²) < 4.78 is 5.50. The highest BCUT2D eigenvalue weighted by Crippen LogP contribution is 2.17. The van der Waals surface area contributed by atoms with Crippen LogP contribution in [0.15, 0.2) is 24.3 Å². The molecule has 0 spiro atoms. The molecule has 1 rings (SSSR count). The fourth-order valence-corrected chi connectivity index (χ4v) is 1.88. The van der Waals surface area contributed by atoms with Crippen LogP contribution < -0.4 is 15.8 Å². The Morgan fingerprint density at radius 3 is 2.60 bits per heavy atom. The molecule has 1 atom stereocenters. The Morgan fingerprint density at radius 1 is 1.30 bits per heavy atom. The Balaban J connectivity index is 2.34. The van der Waals surface area contributed by atoms with Crippen molar-refractivity contribution in [2.24, 2.45) is 11.7 Å². The SMILES string of the molecule is CCCOc1ccc(NC(=O)CCC(C)CCN)cc1. The molecule has 0 radical (unpaired) electrons. The van der Waals surface area contributed by atoms with Gasteiger partial charge in [0.25, 0.3) is 0 Å². The zero-order valence-electron chi connectivity index (χ0n) is 12.5. The van der Waals surface area contributed by atoms with Crippen LogP contribution in [0, 0.1) is 5.92 Å². The summed E-state index contributed by atoms with van der Waals surface area (Å²) in [5, 5.41) is 2.90. The predicted octanol–water partition coefficient (Wildman–Crippen LogP) is 3.18. The van der Waals surface area contributed by atoms with Crippen LogP contribution in [0.2, 0.25) is 0 Å². The third-order valence-electron chi connectivity index (χ3n) is 3.13. The second-order valence-electron chi connectivity index (χ2n) is 5.14. The van der Waals surface area contributed by atoms with Gasteiger partial charge in [-0.05, 0) is 56.0 Å². The normalized spacial score (nSPS) is 11.9. The highest BCUT2D eigenvalue weighted by molar-refractivity contribution is 5.90. The van der Waals surface area contributed by atoms with Gasteiger partial charge in [0.15, 0.2) is 0 Å². The Morgan fingerprint density at radius 2 is 2.00 bits per heavy atom. The average Bonchev–Trinajstić information content (AvgIpc) is 2.45. The molecule has 0 saturated heterocycles. The molecule has 0 aromatic heterocycles. The number of carbonyl (C=O) groups excluding carboxylic acids is 1. The molecule has 0 heterocycles. The number of hydrogen-bond donors (Lipinski definition) is 2. The van der Waals surface area contributed by atoms with E-state index in [4.69, 9.17) is 10.5 Å². The van der Waals surface area contributed by atoms with Gasteiger partial charge in [-0.25, -0.2) is 0 Å². The summed E-state index contributed by atoms with van der Waals surface area (Å²) in [4.78, 5) is 11.8. The first kappa shape index (κ1) is 16.5. The fourth-order valence-electron chi connectivity index (χ4n) is 1.88. The molecular weight excluding hydrogens is 252 g/mol. The molecule has 0 bridgehead atoms. The van der Waals surface area contributed by atoms with Gasteiger partial charge in [-0.2, -0.15) is 0 Å². The molecule has 4 nitrogen and oxygen atoms in total. The van der Waals surface area contributed by atoms with E-state index in [2.05, 4.69) is 19.2 Å². The molecule has 0 fully saturated rings. The van der Waals surface area contributed by atoms with Gasteiger partial charge in [0.2, 0.25) is 5.91 Å². The van der Waals surface area contributed by atoms with Crippen molar-refractivity contribution in [3.05, 3.63) is 24.3 Å². The minimum Gasteiger partial charge on any atom is -0.494 e. The average molecular weight is 278 g/mol. The lowest BCUT2D eigenvalue weighted by Crippen LogP contribution is -2.14. The summed E-state index contributed by atoms with van der Waals surface area (Å²) in [6.45, 7) is 5.59. The number of ether oxygens (including phenoxy) is 1. The summed E-state index contributed by atoms with van der Waals surface area (Å²) in [6.07, 6.45) is 3.37. The maximum atomic E-state index is 11.8. The summed E-state index contributed by atoms with van der Waals surface area (Å²) in [7, 11) is 0. The van der Waals surface area contributed by atoms with E-state index in [1.807, 2.05) is 24.3 Å². The van der Waals surface area contributed by atoms with E-state index in [1.165, 1.54) is 0 Å². The lowest BCUT2D eigenvalue weighted by molar-refractivity contribution is -0.116. The van der Waals surface area contributed by atoms with Crippen LogP contribution in [0.4, 0.5) is 5.69 Å². The van der Waals surface area contributed by atoms with Crippen molar-refractivity contribution in [1.82, 2.24) is 0 Å². The lowest BCUT2D eigenvalue weighted by atomic mass is 10.0. The van der Waals surface area contributed by atoms with Crippen molar-refractivity contribution in [1.29, 1.82) is 0 Å². The zero-order chi connectivity index (χ0) is 14.8. The summed E-state index contributed by atoms with van der Waals surface area (Å²) in [5.41, 5.74) is 6.31. The van der Waals surface area contributed by atoms with Crippen LogP contribution in [0.5, 0.6) is 5.75 Å². The molecule has 0 aliphatic heterocycles. The highest BCUT2D eigenvalue weighted by Gasteiger charge is 2.06. The molecule has 112 valence electrons. The van der Waals surface area contributed by atoms with Gasteiger partial charge in [-0.3, -0.25) is 4.79 Å². The monoisotopic (exact) mass is 278 g/mol. The van der Waals surface area contributed by atoms with E-state index in [0.717, 1.165) is 30.7 Å². The molecule has 0 saturated carbocycles. The van der Waals surface area contributed by atoms with Gasteiger partial charge in [0, 0.05) is 12.1 Å². The molecule has 3 N–H and O–H groups in total. The quantitative estimate of drug-likeness (QED) is 0.729. The summed E-state index contributed by atoms with van der Waals surface area (Å²) >= 11 is 0. The first-order chi connectivity index (χ1) is 9.65. The third kappa shape index (κ3) is 6.57. The Hall–Kier alpha value is -1.55. The Labute approximate surface area is 121 Å². The number of anilines is 1. The standard InChI is InChI=1S/C16H26N2O2/c1-3-12-20-15-7-5-14(6-8-15)18-16(19)9-4-13(2)10-11-17/h5-8,13H,3-4,9-12,17H2,1-2H3,(H,18,19). The number of amides is 1. The lowest BCUT2D eigenvalue weighted by Gasteiger charge is -2.10. The second kappa shape index (κ2) is 9.37. The summed E-state index contributed by atoms with van der Waals surface area (Å²) in [6, 6.07) is 7.49. The first-order valence-electron chi connectivity index (χ1n) is 7.38. The molecule has 20 heavy (non-hydrogen) atoms. The van der Waals surface area contributed by atoms with Crippen LogP contribution in [0.1, 0.15) is 39.5 Å². The number of nitrogens with one attached hydrogen (secondary N) is 1. The van der Waals surface area contributed by atoms with Crippen molar-refractivity contribution in [2.75, 3.05) is 18.5 Å². The topological polar surface area (TPSA) is 64.3 Å². The second-order valence-corrected chi connectivity index (χ2v) is 5.14. The highest BCUT2D eigenvalue weighted by atomic mass is 16.5. The van der Waals surface area contributed by atoms with Gasteiger partial charge in [-0.15, -0.1) is 0 Å². The van der Waals surface area contributed by atoms with E-state index in [1.54, 1.807) is 0 Å². The van der Waals surface area contributed by atoms with Crippen molar-refractivity contribution in [3.63, 3.8) is 0 Å². The van der Waals surface area contributed by atoms with Gasteiger partial charge in [0.1, 0.15) is 5.75 Å². The zero-order valence-corrected chi connectivity index (χ0v) is 12.5. The fraction of sp³-hybridized carbons (Fsp3) is 0.562. The molecule has 0 aliphatic carbocycles. The van der Waals surface area contributed by atoms with Gasteiger partial charge in [-0.1, -0.05) is 13.8 Å². The Bertz CT molecular complexity index is 390. The van der Waals surface area contributed by atoms with E-state index >= 15 is 0 Å². The molecule has 4 heteroatoms. The van der Waals surface area contributed by atoms with Crippen LogP contribution in [-0.2, 0) is 4.79 Å². The van der Waals surface area contributed by atoms with E-state index in [-0.39, 0.29) is 5.91 Å². The maximum Gasteiger partial charge on any atom is 0.224 e. The molecule has 1 unspecified atom stereocenters. The smallest absolute Gasteiger partial charge is 0.224 e. The van der Waals surface area contributed by atoms with Gasteiger partial charge < -0.3 is 15.8 Å². The third-order valence-corrected chi connectivity index (χ3v) is 3.13. The minimum absolute atomic E-state index is 0.0519. The predicted molar refractivity (Wildman–Crippen MR) is 82.9 cm³/mol. The number of nitrogens with two attached hydrogens (primary N) is 1. The van der Waals surface area contributed by atoms with Gasteiger partial charge in [0.05, 0.1) is 6.61 Å². The van der Waals surface area contributed by atoms with Crippen molar-refractivity contribution in [2.45, 2.75) is 39.5 Å². The van der Waals surface area contributed by atoms with Crippen LogP contribution >= 0.6 is 0 Å². The number of rotatable bonds is 9. The molecule has 1 aromatic rings. The van der Waals surface area contributed by atoms with E-state index in [0.29, 0.717) is 25.5 Å². The largest absolute Gasteiger partial charge is 0.494 e. The number of carbonyl (C=O) groups is 1. The molecule has 1 amide bonds. The van der Waals surface area contributed by atoms with E-state index < -0.39 is 0 Å². The van der Waals surface area contributed by atoms with Crippen molar-refractivity contribution >= 4 is 11.6 Å². The number of hydrogen-bond acceptors (Lipinski definition) is 3. The molecule has 0 aliphatic rings. The molecule has 1 aromatic carbocycles. The van der Waals surface area contributed by atoms with E-state index in [9.17, 15) is 4.79 Å². The molecular formula is C16H26N2O2. The van der Waals surface area contributed by atoms with Crippen LogP contribution in [-0.4, -0.2) is 19.1 Å². The van der Waals surface area contributed by atoms with Crippen molar-refractivity contribution in [3.8, 4) is 5.75 Å². The maximum absolute atomic E-state index is 11.8. The van der Waals surface area contributed by atoms with Crippen molar-refractivity contribution < 1.29 is 9.53 Å². The number of benzene rings is 1. The van der Waals surface area contributed by atoms with Crippen LogP contribution in [0.3, 0.4) is 0 Å². The first-order valence-corrected chi connectivity index (χ1v) is 7.38. The van der Waals surface area contributed by atoms with Crippen LogP contribution in [0.25, 0.3) is 0 Å². The summed E-state index contributed by atoms with van der Waals surface area (Å²) in [5.74, 6) is 1.38. The Kier molecular flexibility index (Phi) is 7.73. The van der Waals surface area contributed by atoms with Gasteiger partial charge >= 0.3 is 0 Å².